The molecule has 0 aliphatic heterocycles. The van der Waals surface area contributed by atoms with Crippen LogP contribution in [0.4, 0.5) is 5.69 Å². The molecule has 2 rings (SSSR count). The zero-order valence-corrected chi connectivity index (χ0v) is 14.6. The van der Waals surface area contributed by atoms with Gasteiger partial charge in [0.2, 0.25) is 0 Å². The zero-order valence-electron chi connectivity index (χ0n) is 14.6. The quantitative estimate of drug-likeness (QED) is 0.839. The first kappa shape index (κ1) is 17.5. The summed E-state index contributed by atoms with van der Waals surface area (Å²) >= 11 is 0. The third kappa shape index (κ3) is 4.82. The highest BCUT2D eigenvalue weighted by molar-refractivity contribution is 6.04. The molecule has 2 aromatic carbocycles. The van der Waals surface area contributed by atoms with E-state index in [1.807, 2.05) is 24.3 Å². The first-order valence-electron chi connectivity index (χ1n) is 7.90. The molecule has 0 radical (unpaired) electrons. The SMILES string of the molecule is C/C(=C\C(C)(C)C)c1ccc(C(=O)Nc2cccc(C#N)c2)cc1. The van der Waals surface area contributed by atoms with Crippen LogP contribution < -0.4 is 5.32 Å². The summed E-state index contributed by atoms with van der Waals surface area (Å²) < 4.78 is 0. The molecule has 0 saturated carbocycles. The predicted octanol–water partition coefficient (Wildman–Crippen LogP) is 5.26. The number of benzene rings is 2. The van der Waals surface area contributed by atoms with E-state index in [2.05, 4.69) is 45.2 Å². The normalized spacial score (nSPS) is 11.7. The van der Waals surface area contributed by atoms with Gasteiger partial charge in [0.05, 0.1) is 11.6 Å². The van der Waals surface area contributed by atoms with Gasteiger partial charge in [-0.1, -0.05) is 45.0 Å². The predicted molar refractivity (Wildman–Crippen MR) is 98.7 cm³/mol. The lowest BCUT2D eigenvalue weighted by Crippen LogP contribution is -2.11. The zero-order chi connectivity index (χ0) is 17.7. The van der Waals surface area contributed by atoms with Crippen molar-refractivity contribution in [2.24, 2.45) is 5.41 Å². The Bertz CT molecular complexity index is 803. The van der Waals surface area contributed by atoms with Crippen LogP contribution in [-0.2, 0) is 0 Å². The smallest absolute Gasteiger partial charge is 0.255 e. The Morgan fingerprint density at radius 1 is 1.08 bits per heavy atom. The second kappa shape index (κ2) is 7.14. The summed E-state index contributed by atoms with van der Waals surface area (Å²) in [7, 11) is 0. The fraction of sp³-hybridized carbons (Fsp3) is 0.238. The van der Waals surface area contributed by atoms with E-state index < -0.39 is 0 Å². The topological polar surface area (TPSA) is 52.9 Å². The minimum atomic E-state index is -0.186. The molecule has 0 unspecified atom stereocenters. The standard InChI is InChI=1S/C21H22N2O/c1-15(13-21(2,3)4)17-8-10-18(11-9-17)20(24)23-19-7-5-6-16(12-19)14-22/h5-13H,1-4H3,(H,23,24)/b15-13+. The van der Waals surface area contributed by atoms with Crippen molar-refractivity contribution in [1.29, 1.82) is 5.26 Å². The van der Waals surface area contributed by atoms with Gasteiger partial charge >= 0.3 is 0 Å². The lowest BCUT2D eigenvalue weighted by Gasteiger charge is -2.14. The van der Waals surface area contributed by atoms with E-state index in [0.717, 1.165) is 5.56 Å². The number of nitrogens with one attached hydrogen (secondary N) is 1. The number of amides is 1. The number of nitrogens with zero attached hydrogens (tertiary/aromatic N) is 1. The molecule has 0 bridgehead atoms. The molecule has 2 aromatic rings. The van der Waals surface area contributed by atoms with Crippen molar-refractivity contribution in [1.82, 2.24) is 0 Å². The van der Waals surface area contributed by atoms with Crippen molar-refractivity contribution in [3.8, 4) is 6.07 Å². The Kier molecular flexibility index (Phi) is 5.21. The fourth-order valence-electron chi connectivity index (χ4n) is 2.49. The van der Waals surface area contributed by atoms with E-state index in [0.29, 0.717) is 16.8 Å². The van der Waals surface area contributed by atoms with Gasteiger partial charge in [0.25, 0.3) is 5.91 Å². The first-order chi connectivity index (χ1) is 11.3. The molecule has 0 aliphatic rings. The molecule has 1 amide bonds. The van der Waals surface area contributed by atoms with Crippen LogP contribution in [0.3, 0.4) is 0 Å². The average Bonchev–Trinajstić information content (AvgIpc) is 2.53. The van der Waals surface area contributed by atoms with Crippen molar-refractivity contribution in [2.75, 3.05) is 5.32 Å². The number of rotatable bonds is 3. The lowest BCUT2D eigenvalue weighted by molar-refractivity contribution is 0.102. The van der Waals surface area contributed by atoms with E-state index in [1.54, 1.807) is 24.3 Å². The van der Waals surface area contributed by atoms with Gasteiger partial charge in [-0.15, -0.1) is 0 Å². The molecular formula is C21H22N2O. The van der Waals surface area contributed by atoms with Gasteiger partial charge in [-0.3, -0.25) is 4.79 Å². The van der Waals surface area contributed by atoms with E-state index >= 15 is 0 Å². The number of hydrogen-bond donors (Lipinski definition) is 1. The summed E-state index contributed by atoms with van der Waals surface area (Å²) in [6, 6.07) is 16.5. The maximum absolute atomic E-state index is 12.3. The van der Waals surface area contributed by atoms with Crippen molar-refractivity contribution in [3.63, 3.8) is 0 Å². The number of anilines is 1. The molecule has 0 aliphatic carbocycles. The maximum Gasteiger partial charge on any atom is 0.255 e. The number of allylic oxidation sites excluding steroid dienone is 2. The van der Waals surface area contributed by atoms with E-state index in [9.17, 15) is 4.79 Å². The van der Waals surface area contributed by atoms with E-state index in [-0.39, 0.29) is 11.3 Å². The van der Waals surface area contributed by atoms with E-state index in [4.69, 9.17) is 5.26 Å². The fourth-order valence-corrected chi connectivity index (χ4v) is 2.49. The molecule has 122 valence electrons. The monoisotopic (exact) mass is 318 g/mol. The number of hydrogen-bond acceptors (Lipinski definition) is 2. The Morgan fingerprint density at radius 2 is 1.71 bits per heavy atom. The van der Waals surface area contributed by atoms with E-state index in [1.165, 1.54) is 5.57 Å². The van der Waals surface area contributed by atoms with Crippen LogP contribution in [0.2, 0.25) is 0 Å². The second-order valence-electron chi connectivity index (χ2n) is 6.92. The summed E-state index contributed by atoms with van der Waals surface area (Å²) in [5.74, 6) is -0.186. The van der Waals surface area contributed by atoms with Gasteiger partial charge in [0.1, 0.15) is 0 Å². The van der Waals surface area contributed by atoms with Gasteiger partial charge in [0.15, 0.2) is 0 Å². The molecule has 0 spiro atoms. The van der Waals surface area contributed by atoms with Crippen molar-refractivity contribution < 1.29 is 4.79 Å². The molecule has 0 aromatic heterocycles. The van der Waals surface area contributed by atoms with Crippen LogP contribution >= 0.6 is 0 Å². The Labute approximate surface area is 143 Å². The number of nitriles is 1. The highest BCUT2D eigenvalue weighted by Gasteiger charge is 2.09. The summed E-state index contributed by atoms with van der Waals surface area (Å²) in [6.45, 7) is 8.56. The molecule has 0 atom stereocenters. The van der Waals surface area contributed by atoms with Crippen molar-refractivity contribution >= 4 is 17.2 Å². The minimum absolute atomic E-state index is 0.117. The summed E-state index contributed by atoms with van der Waals surface area (Å²) in [5.41, 5.74) is 4.14. The van der Waals surface area contributed by atoms with Crippen molar-refractivity contribution in [2.45, 2.75) is 27.7 Å². The summed E-state index contributed by atoms with van der Waals surface area (Å²) in [4.78, 5) is 12.3. The molecule has 0 fully saturated rings. The highest BCUT2D eigenvalue weighted by Crippen LogP contribution is 2.23. The number of carbonyl (C=O) groups excluding carboxylic acids is 1. The molecule has 3 heteroatoms. The van der Waals surface area contributed by atoms with Crippen LogP contribution in [0.5, 0.6) is 0 Å². The first-order valence-corrected chi connectivity index (χ1v) is 7.90. The van der Waals surface area contributed by atoms with Gasteiger partial charge in [0, 0.05) is 11.3 Å². The molecular weight excluding hydrogens is 296 g/mol. The van der Waals surface area contributed by atoms with Crippen LogP contribution in [0.25, 0.3) is 5.57 Å². The van der Waals surface area contributed by atoms with Gasteiger partial charge in [-0.2, -0.15) is 5.26 Å². The minimum Gasteiger partial charge on any atom is -0.322 e. The van der Waals surface area contributed by atoms with Crippen molar-refractivity contribution in [3.05, 3.63) is 71.3 Å². The molecule has 0 heterocycles. The average molecular weight is 318 g/mol. The van der Waals surface area contributed by atoms with Crippen LogP contribution in [-0.4, -0.2) is 5.91 Å². The molecule has 3 nitrogen and oxygen atoms in total. The van der Waals surface area contributed by atoms with Crippen LogP contribution in [0, 0.1) is 16.7 Å². The Morgan fingerprint density at radius 3 is 2.29 bits per heavy atom. The summed E-state index contributed by atoms with van der Waals surface area (Å²) in [5, 5.41) is 11.7. The van der Waals surface area contributed by atoms with Gasteiger partial charge < -0.3 is 5.32 Å². The van der Waals surface area contributed by atoms with Crippen LogP contribution in [0.15, 0.2) is 54.6 Å². The molecule has 1 N–H and O–H groups in total. The Balaban J connectivity index is 2.14. The largest absolute Gasteiger partial charge is 0.322 e. The van der Waals surface area contributed by atoms with Gasteiger partial charge in [-0.25, -0.2) is 0 Å². The summed E-state index contributed by atoms with van der Waals surface area (Å²) in [6.07, 6.45) is 2.22. The third-order valence-corrected chi connectivity index (χ3v) is 3.50. The van der Waals surface area contributed by atoms with Crippen LogP contribution in [0.1, 0.15) is 49.2 Å². The Hall–Kier alpha value is -2.86. The maximum atomic E-state index is 12.3. The number of carbonyl (C=O) groups is 1. The molecule has 0 saturated heterocycles. The highest BCUT2D eigenvalue weighted by atomic mass is 16.1. The lowest BCUT2D eigenvalue weighted by atomic mass is 9.91. The molecule has 24 heavy (non-hydrogen) atoms. The second-order valence-corrected chi connectivity index (χ2v) is 6.92. The van der Waals surface area contributed by atoms with Gasteiger partial charge in [-0.05, 0) is 53.8 Å². The third-order valence-electron chi connectivity index (χ3n) is 3.50.